The highest BCUT2D eigenvalue weighted by Crippen LogP contribution is 2.26. The Morgan fingerprint density at radius 3 is 2.50 bits per heavy atom. The number of methoxy groups -OCH3 is 1. The number of esters is 1. The number of aromatic nitrogens is 1. The van der Waals surface area contributed by atoms with Crippen LogP contribution in [0.5, 0.6) is 0 Å². The molecule has 1 aromatic carbocycles. The zero-order valence-corrected chi connectivity index (χ0v) is 11.2. The van der Waals surface area contributed by atoms with Gasteiger partial charge in [-0.2, -0.15) is 0 Å². The first-order chi connectivity index (χ1) is 8.69. The van der Waals surface area contributed by atoms with Gasteiger partial charge in [-0.25, -0.2) is 9.78 Å². The second kappa shape index (κ2) is 5.89. The maximum absolute atomic E-state index is 11.3. The van der Waals surface area contributed by atoms with E-state index in [4.69, 9.17) is 11.6 Å². The summed E-state index contributed by atoms with van der Waals surface area (Å²) in [7, 11) is 1.36. The molecule has 3 nitrogen and oxygen atoms in total. The number of hydrogen-bond acceptors (Lipinski definition) is 4. The largest absolute Gasteiger partial charge is 0.465 e. The van der Waals surface area contributed by atoms with E-state index in [-0.39, 0.29) is 5.97 Å². The molecule has 0 aliphatic heterocycles. The van der Waals surface area contributed by atoms with Gasteiger partial charge in [0.1, 0.15) is 5.03 Å². The normalized spacial score (nSPS) is 10.1. The summed E-state index contributed by atoms with van der Waals surface area (Å²) in [6.45, 7) is 0. The van der Waals surface area contributed by atoms with Gasteiger partial charge in [0.2, 0.25) is 0 Å². The van der Waals surface area contributed by atoms with Gasteiger partial charge in [-0.1, -0.05) is 23.4 Å². The molecule has 0 aliphatic carbocycles. The summed E-state index contributed by atoms with van der Waals surface area (Å²) in [5.74, 6) is -0.337. The highest BCUT2D eigenvalue weighted by Gasteiger charge is 2.05. The number of nitrogens with zero attached hydrogens (tertiary/aromatic N) is 1. The monoisotopic (exact) mass is 279 g/mol. The van der Waals surface area contributed by atoms with Gasteiger partial charge in [-0.15, -0.1) is 0 Å². The lowest BCUT2D eigenvalue weighted by atomic mass is 10.2. The van der Waals surface area contributed by atoms with E-state index in [0.29, 0.717) is 10.6 Å². The van der Waals surface area contributed by atoms with E-state index in [1.807, 2.05) is 18.2 Å². The molecule has 0 spiro atoms. The minimum absolute atomic E-state index is 0.337. The first kappa shape index (κ1) is 12.9. The molecule has 0 radical (unpaired) electrons. The predicted octanol–water partition coefficient (Wildman–Crippen LogP) is 3.67. The second-order valence-electron chi connectivity index (χ2n) is 3.43. The first-order valence-corrected chi connectivity index (χ1v) is 6.36. The van der Waals surface area contributed by atoms with Gasteiger partial charge in [0.25, 0.3) is 0 Å². The van der Waals surface area contributed by atoms with Gasteiger partial charge in [0.15, 0.2) is 0 Å². The Morgan fingerprint density at radius 1 is 1.22 bits per heavy atom. The predicted molar refractivity (Wildman–Crippen MR) is 71.2 cm³/mol. The number of carbonyl (C=O) groups excluding carboxylic acids is 1. The molecule has 1 heterocycles. The fourth-order valence-corrected chi connectivity index (χ4v) is 2.19. The number of halogens is 1. The minimum atomic E-state index is -0.337. The van der Waals surface area contributed by atoms with Crippen LogP contribution >= 0.6 is 23.4 Å². The van der Waals surface area contributed by atoms with Gasteiger partial charge in [-0.05, 0) is 36.4 Å². The molecule has 0 aliphatic rings. The zero-order valence-electron chi connectivity index (χ0n) is 9.59. The second-order valence-corrected chi connectivity index (χ2v) is 4.96. The third-order valence-electron chi connectivity index (χ3n) is 2.20. The van der Waals surface area contributed by atoms with Crippen LogP contribution in [0.1, 0.15) is 10.4 Å². The summed E-state index contributed by atoms with van der Waals surface area (Å²) in [5, 5.41) is 1.46. The van der Waals surface area contributed by atoms with Crippen molar-refractivity contribution in [3.8, 4) is 0 Å². The van der Waals surface area contributed by atoms with Crippen molar-refractivity contribution in [2.75, 3.05) is 7.11 Å². The number of hydrogen-bond donors (Lipinski definition) is 0. The van der Waals surface area contributed by atoms with Gasteiger partial charge >= 0.3 is 5.97 Å². The van der Waals surface area contributed by atoms with E-state index >= 15 is 0 Å². The fourth-order valence-electron chi connectivity index (χ4n) is 1.32. The molecule has 0 bridgehead atoms. The molecule has 18 heavy (non-hydrogen) atoms. The third kappa shape index (κ3) is 3.24. The molecule has 0 N–H and O–H groups in total. The summed E-state index contributed by atoms with van der Waals surface area (Å²) in [6.07, 6.45) is 1.60. The molecule has 0 saturated carbocycles. The number of rotatable bonds is 3. The molecule has 0 saturated heterocycles. The molecule has 5 heteroatoms. The lowest BCUT2D eigenvalue weighted by Gasteiger charge is -2.02. The van der Waals surface area contributed by atoms with Crippen LogP contribution in [0.25, 0.3) is 0 Å². The van der Waals surface area contributed by atoms with E-state index in [9.17, 15) is 4.79 Å². The van der Waals surface area contributed by atoms with E-state index in [1.165, 1.54) is 18.9 Å². The Kier molecular flexibility index (Phi) is 4.23. The van der Waals surface area contributed by atoms with Gasteiger partial charge in [0.05, 0.1) is 17.7 Å². The van der Waals surface area contributed by atoms with Crippen molar-refractivity contribution < 1.29 is 9.53 Å². The summed E-state index contributed by atoms with van der Waals surface area (Å²) >= 11 is 7.27. The topological polar surface area (TPSA) is 39.2 Å². The van der Waals surface area contributed by atoms with Crippen LogP contribution in [0.2, 0.25) is 5.02 Å². The van der Waals surface area contributed by atoms with Crippen molar-refractivity contribution in [2.45, 2.75) is 9.92 Å². The maximum atomic E-state index is 11.3. The molecule has 0 unspecified atom stereocenters. The Labute approximate surface area is 114 Å². The zero-order chi connectivity index (χ0) is 13.0. The Hall–Kier alpha value is -1.52. The number of ether oxygens (including phenoxy) is 1. The molecule has 92 valence electrons. The molecule has 2 rings (SSSR count). The van der Waals surface area contributed by atoms with Crippen molar-refractivity contribution in [1.82, 2.24) is 4.98 Å². The van der Waals surface area contributed by atoms with Crippen LogP contribution in [0.4, 0.5) is 0 Å². The van der Waals surface area contributed by atoms with Crippen LogP contribution < -0.4 is 0 Å². The maximum Gasteiger partial charge on any atom is 0.337 e. The van der Waals surface area contributed by atoms with E-state index < -0.39 is 0 Å². The third-order valence-corrected chi connectivity index (χ3v) is 3.38. The van der Waals surface area contributed by atoms with Crippen molar-refractivity contribution in [3.63, 3.8) is 0 Å². The smallest absolute Gasteiger partial charge is 0.337 e. The summed E-state index contributed by atoms with van der Waals surface area (Å²) in [6, 6.07) is 10.8. The molecule has 2 aromatic rings. The van der Waals surface area contributed by atoms with Crippen LogP contribution in [-0.2, 0) is 4.74 Å². The van der Waals surface area contributed by atoms with Crippen molar-refractivity contribution in [2.24, 2.45) is 0 Å². The lowest BCUT2D eigenvalue weighted by Crippen LogP contribution is -2.00. The Balaban J connectivity index is 2.10. The SMILES string of the molecule is COC(=O)c1ccc(Sc2ccc(Cl)cn2)cc1. The molecular weight excluding hydrogens is 270 g/mol. The van der Waals surface area contributed by atoms with Crippen LogP contribution in [-0.4, -0.2) is 18.1 Å². The number of benzene rings is 1. The van der Waals surface area contributed by atoms with Crippen molar-refractivity contribution >= 4 is 29.3 Å². The van der Waals surface area contributed by atoms with Crippen LogP contribution in [0, 0.1) is 0 Å². The number of carbonyl (C=O) groups is 1. The average Bonchev–Trinajstić information content (AvgIpc) is 2.41. The first-order valence-electron chi connectivity index (χ1n) is 5.17. The summed E-state index contributed by atoms with van der Waals surface area (Å²) < 4.78 is 4.63. The van der Waals surface area contributed by atoms with Crippen molar-refractivity contribution in [1.29, 1.82) is 0 Å². The molecule has 0 amide bonds. The van der Waals surface area contributed by atoms with Gasteiger partial charge < -0.3 is 4.74 Å². The number of pyridine rings is 1. The van der Waals surface area contributed by atoms with Crippen molar-refractivity contribution in [3.05, 3.63) is 53.2 Å². The van der Waals surface area contributed by atoms with E-state index in [2.05, 4.69) is 9.72 Å². The van der Waals surface area contributed by atoms with E-state index in [0.717, 1.165) is 9.92 Å². The molecule has 0 atom stereocenters. The lowest BCUT2D eigenvalue weighted by molar-refractivity contribution is 0.0600. The minimum Gasteiger partial charge on any atom is -0.465 e. The molecule has 1 aromatic heterocycles. The fraction of sp³-hybridized carbons (Fsp3) is 0.0769. The van der Waals surface area contributed by atoms with Crippen LogP contribution in [0.3, 0.4) is 0 Å². The summed E-state index contributed by atoms with van der Waals surface area (Å²) in [5.41, 5.74) is 0.533. The Morgan fingerprint density at radius 2 is 1.94 bits per heavy atom. The average molecular weight is 280 g/mol. The van der Waals surface area contributed by atoms with Gasteiger partial charge in [-0.3, -0.25) is 0 Å². The quantitative estimate of drug-likeness (QED) is 0.804. The van der Waals surface area contributed by atoms with Gasteiger partial charge in [0, 0.05) is 11.1 Å². The molecular formula is C13H10ClNO2S. The highest BCUT2D eigenvalue weighted by atomic mass is 35.5. The van der Waals surface area contributed by atoms with E-state index in [1.54, 1.807) is 24.4 Å². The Bertz CT molecular complexity index is 540. The van der Waals surface area contributed by atoms with Crippen LogP contribution in [0.15, 0.2) is 52.5 Å². The summed E-state index contributed by atoms with van der Waals surface area (Å²) in [4.78, 5) is 16.4. The standard InChI is InChI=1S/C13H10ClNO2S/c1-17-13(16)9-2-5-11(6-3-9)18-12-7-4-10(14)8-15-12/h2-8H,1H3. The highest BCUT2D eigenvalue weighted by molar-refractivity contribution is 7.99. The molecule has 0 fully saturated rings.